The maximum absolute atomic E-state index is 2.43. The second-order valence-corrected chi connectivity index (χ2v) is 13.2. The van der Waals surface area contributed by atoms with E-state index in [2.05, 4.69) is 13.8 Å². The van der Waals surface area contributed by atoms with E-state index in [1.54, 1.807) is 69.6 Å². The van der Waals surface area contributed by atoms with Gasteiger partial charge in [0.25, 0.3) is 0 Å². The predicted molar refractivity (Wildman–Crippen MR) is 123 cm³/mol. The van der Waals surface area contributed by atoms with Gasteiger partial charge in [0.05, 0.1) is 0 Å². The minimum Gasteiger partial charge on any atom is -0.114 e. The van der Waals surface area contributed by atoms with Crippen molar-refractivity contribution in [1.29, 1.82) is 0 Å². The van der Waals surface area contributed by atoms with E-state index in [0.29, 0.717) is 15.8 Å². The summed E-state index contributed by atoms with van der Waals surface area (Å²) in [5.74, 6) is 1.71. The number of hydrogen-bond acceptors (Lipinski definition) is 0. The number of halogens is 2. The van der Waals surface area contributed by atoms with E-state index in [1.165, 1.54) is 37.0 Å². The molecule has 0 saturated heterocycles. The van der Waals surface area contributed by atoms with Gasteiger partial charge in [-0.2, -0.15) is 0 Å². The lowest BCUT2D eigenvalue weighted by atomic mass is 10.0. The summed E-state index contributed by atoms with van der Waals surface area (Å²) in [5.41, 5.74) is 2.33. The van der Waals surface area contributed by atoms with Crippen LogP contribution in [0.25, 0.3) is 0 Å². The Morgan fingerprint density at radius 1 is 0.609 bits per heavy atom. The van der Waals surface area contributed by atoms with Crippen molar-refractivity contribution < 1.29 is 0 Å². The Balaban J connectivity index is 0.00000242. The van der Waals surface area contributed by atoms with Crippen LogP contribution in [-0.4, -0.2) is 29.5 Å². The molecule has 0 aromatic rings. The molecule has 4 heteroatoms. The van der Waals surface area contributed by atoms with E-state index < -0.39 is 0 Å². The minimum absolute atomic E-state index is 0. The van der Waals surface area contributed by atoms with Crippen LogP contribution in [0.15, 0.2) is 0 Å². The van der Waals surface area contributed by atoms with Crippen LogP contribution < -0.4 is 0 Å². The molecule has 2 fully saturated rings. The molecule has 0 amide bonds. The third kappa shape index (κ3) is 8.84. The highest BCUT2D eigenvalue weighted by atomic mass is 79.9. The SMILES string of the molecule is Br.Br.CCCP(CP(CCC)C1CCCCC1)C1CCCCC1. The lowest BCUT2D eigenvalue weighted by Crippen LogP contribution is -2.18. The summed E-state index contributed by atoms with van der Waals surface area (Å²) < 4.78 is 0. The molecule has 140 valence electrons. The summed E-state index contributed by atoms with van der Waals surface area (Å²) in [6, 6.07) is 0. The molecule has 0 heterocycles. The van der Waals surface area contributed by atoms with Gasteiger partial charge < -0.3 is 0 Å². The van der Waals surface area contributed by atoms with Crippen molar-refractivity contribution in [3.8, 4) is 0 Å². The first-order valence-electron chi connectivity index (χ1n) is 9.83. The van der Waals surface area contributed by atoms with Crippen LogP contribution in [0.2, 0.25) is 0 Å². The van der Waals surface area contributed by atoms with Gasteiger partial charge in [0.1, 0.15) is 0 Å². The molecule has 2 aliphatic carbocycles. The maximum Gasteiger partial charge on any atom is -0.0116 e. The van der Waals surface area contributed by atoms with E-state index in [1.807, 2.05) is 0 Å². The Kier molecular flexibility index (Phi) is 16.1. The first kappa shape index (κ1) is 24.8. The molecule has 0 nitrogen and oxygen atoms in total. The second-order valence-electron chi connectivity index (χ2n) is 7.35. The average molecular weight is 490 g/mol. The van der Waals surface area contributed by atoms with Crippen molar-refractivity contribution >= 4 is 49.8 Å². The summed E-state index contributed by atoms with van der Waals surface area (Å²) in [7, 11) is 0.748. The zero-order valence-electron chi connectivity index (χ0n) is 15.5. The lowest BCUT2D eigenvalue weighted by molar-refractivity contribution is 0.508. The maximum atomic E-state index is 2.43. The molecular formula is C19H40Br2P2. The average Bonchev–Trinajstić information content (AvgIpc) is 2.55. The van der Waals surface area contributed by atoms with Gasteiger partial charge in [-0.25, -0.2) is 0 Å². The number of rotatable bonds is 8. The van der Waals surface area contributed by atoms with Crippen molar-refractivity contribution in [1.82, 2.24) is 0 Å². The summed E-state index contributed by atoms with van der Waals surface area (Å²) in [6.07, 6.45) is 21.7. The fourth-order valence-corrected chi connectivity index (χ4v) is 13.4. The molecular weight excluding hydrogens is 450 g/mol. The monoisotopic (exact) mass is 488 g/mol. The molecule has 2 atom stereocenters. The van der Waals surface area contributed by atoms with Crippen molar-refractivity contribution in [2.24, 2.45) is 0 Å². The Bertz CT molecular complexity index is 238. The van der Waals surface area contributed by atoms with Crippen molar-refractivity contribution in [2.45, 2.75) is 102 Å². The molecule has 0 aromatic carbocycles. The zero-order valence-corrected chi connectivity index (χ0v) is 20.7. The van der Waals surface area contributed by atoms with Gasteiger partial charge in [0.15, 0.2) is 0 Å². The molecule has 0 aliphatic heterocycles. The van der Waals surface area contributed by atoms with Crippen LogP contribution in [0, 0.1) is 0 Å². The van der Waals surface area contributed by atoms with E-state index in [4.69, 9.17) is 0 Å². The molecule has 0 radical (unpaired) electrons. The van der Waals surface area contributed by atoms with Crippen LogP contribution >= 0.6 is 49.8 Å². The first-order chi connectivity index (χ1) is 10.3. The van der Waals surface area contributed by atoms with Gasteiger partial charge in [-0.3, -0.25) is 0 Å². The molecule has 0 spiro atoms. The molecule has 2 aliphatic rings. The molecule has 23 heavy (non-hydrogen) atoms. The fourth-order valence-electron chi connectivity index (χ4n) is 4.44. The van der Waals surface area contributed by atoms with Crippen LogP contribution in [0.1, 0.15) is 90.9 Å². The fraction of sp³-hybridized carbons (Fsp3) is 1.00. The molecule has 0 aromatic heterocycles. The predicted octanol–water partition coefficient (Wildman–Crippen LogP) is 8.55. The molecule has 2 unspecified atom stereocenters. The molecule has 2 rings (SSSR count). The smallest absolute Gasteiger partial charge is 0.0116 e. The zero-order chi connectivity index (χ0) is 14.9. The summed E-state index contributed by atoms with van der Waals surface area (Å²) in [4.78, 5) is 0. The topological polar surface area (TPSA) is 0 Å². The minimum atomic E-state index is 0. The van der Waals surface area contributed by atoms with Gasteiger partial charge in [0, 0.05) is 0 Å². The van der Waals surface area contributed by atoms with E-state index in [0.717, 1.165) is 0 Å². The Morgan fingerprint density at radius 3 is 1.26 bits per heavy atom. The highest BCUT2D eigenvalue weighted by molar-refractivity contribution is 8.93. The second kappa shape index (κ2) is 14.9. The highest BCUT2D eigenvalue weighted by Crippen LogP contribution is 2.60. The summed E-state index contributed by atoms with van der Waals surface area (Å²) in [6.45, 7) is 4.86. The largest absolute Gasteiger partial charge is 0.114 e. The normalized spacial score (nSPS) is 22.7. The van der Waals surface area contributed by atoms with Crippen molar-refractivity contribution in [3.05, 3.63) is 0 Å². The quantitative estimate of drug-likeness (QED) is 0.299. The third-order valence-electron chi connectivity index (χ3n) is 5.57. The van der Waals surface area contributed by atoms with E-state index in [9.17, 15) is 0 Å². The summed E-state index contributed by atoms with van der Waals surface area (Å²) in [5, 5.41) is 0. The van der Waals surface area contributed by atoms with Crippen LogP contribution in [-0.2, 0) is 0 Å². The molecule has 0 N–H and O–H groups in total. The van der Waals surface area contributed by atoms with Crippen molar-refractivity contribution in [2.75, 3.05) is 18.2 Å². The Morgan fingerprint density at radius 2 is 0.957 bits per heavy atom. The van der Waals surface area contributed by atoms with Crippen LogP contribution in [0.5, 0.6) is 0 Å². The number of hydrogen-bond donors (Lipinski definition) is 0. The third-order valence-corrected chi connectivity index (χ3v) is 13.6. The Hall–Kier alpha value is 1.82. The molecule has 0 bridgehead atoms. The van der Waals surface area contributed by atoms with Gasteiger partial charge in [0.2, 0.25) is 0 Å². The van der Waals surface area contributed by atoms with E-state index in [-0.39, 0.29) is 34.0 Å². The summed E-state index contributed by atoms with van der Waals surface area (Å²) >= 11 is 0. The van der Waals surface area contributed by atoms with E-state index >= 15 is 0 Å². The van der Waals surface area contributed by atoms with Crippen LogP contribution in [0.3, 0.4) is 0 Å². The van der Waals surface area contributed by atoms with Gasteiger partial charge in [-0.15, -0.1) is 34.0 Å². The molecule has 2 saturated carbocycles. The standard InChI is InChI=1S/C19H38P2.2BrH/c1-3-15-20(18-11-7-5-8-12-18)17-21(16-4-2)19-13-9-6-10-14-19;;/h18-19H,3-17H2,1-2H3;2*1H. The van der Waals surface area contributed by atoms with Gasteiger partial charge in [-0.1, -0.05) is 81.1 Å². The van der Waals surface area contributed by atoms with Gasteiger partial charge >= 0.3 is 0 Å². The van der Waals surface area contributed by atoms with Crippen LogP contribution in [0.4, 0.5) is 0 Å². The first-order valence-corrected chi connectivity index (χ1v) is 13.4. The lowest BCUT2D eigenvalue weighted by Gasteiger charge is -2.37. The Labute approximate surface area is 169 Å². The van der Waals surface area contributed by atoms with Gasteiger partial charge in [-0.05, 0) is 55.2 Å². The van der Waals surface area contributed by atoms with Crippen molar-refractivity contribution in [3.63, 3.8) is 0 Å². The highest BCUT2D eigenvalue weighted by Gasteiger charge is 2.29.